The van der Waals surface area contributed by atoms with Crippen LogP contribution in [0.4, 0.5) is 11.4 Å². The van der Waals surface area contributed by atoms with E-state index in [-0.39, 0.29) is 24.2 Å². The van der Waals surface area contributed by atoms with E-state index in [9.17, 15) is 9.59 Å². The molecule has 152 valence electrons. The summed E-state index contributed by atoms with van der Waals surface area (Å²) in [5.41, 5.74) is 4.00. The van der Waals surface area contributed by atoms with Gasteiger partial charge in [0, 0.05) is 25.2 Å². The first kappa shape index (κ1) is 19.3. The van der Waals surface area contributed by atoms with E-state index in [1.807, 2.05) is 41.3 Å². The molecule has 6 heteroatoms. The van der Waals surface area contributed by atoms with Gasteiger partial charge >= 0.3 is 0 Å². The van der Waals surface area contributed by atoms with Crippen LogP contribution in [0.2, 0.25) is 0 Å². The maximum atomic E-state index is 13.4. The normalized spacial score (nSPS) is 18.6. The van der Waals surface area contributed by atoms with Crippen LogP contribution in [0.15, 0.2) is 36.4 Å². The first-order chi connectivity index (χ1) is 14.0. The van der Waals surface area contributed by atoms with E-state index in [1.165, 1.54) is 11.1 Å². The molecule has 29 heavy (non-hydrogen) atoms. The number of ether oxygens (including phenoxy) is 2. The lowest BCUT2D eigenvalue weighted by molar-refractivity contribution is -0.124. The topological polar surface area (TPSA) is 59.1 Å². The van der Waals surface area contributed by atoms with E-state index >= 15 is 0 Å². The molecule has 2 aliphatic rings. The first-order valence-electron chi connectivity index (χ1n) is 9.95. The van der Waals surface area contributed by atoms with E-state index in [1.54, 1.807) is 19.1 Å². The van der Waals surface area contributed by atoms with Gasteiger partial charge < -0.3 is 19.3 Å². The van der Waals surface area contributed by atoms with Crippen molar-refractivity contribution in [2.75, 3.05) is 37.1 Å². The van der Waals surface area contributed by atoms with Crippen molar-refractivity contribution in [3.8, 4) is 11.5 Å². The number of rotatable bonds is 4. The molecular weight excluding hydrogens is 368 g/mol. The van der Waals surface area contributed by atoms with Crippen molar-refractivity contribution in [2.24, 2.45) is 5.92 Å². The molecule has 0 N–H and O–H groups in total. The van der Waals surface area contributed by atoms with E-state index < -0.39 is 0 Å². The van der Waals surface area contributed by atoms with Crippen LogP contribution in [0.25, 0.3) is 0 Å². The second-order valence-electron chi connectivity index (χ2n) is 7.61. The van der Waals surface area contributed by atoms with Gasteiger partial charge in [-0.05, 0) is 61.2 Å². The lowest BCUT2D eigenvalue weighted by Crippen LogP contribution is -2.41. The number of amides is 2. The van der Waals surface area contributed by atoms with Crippen molar-refractivity contribution >= 4 is 23.2 Å². The first-order valence-corrected chi connectivity index (χ1v) is 9.95. The van der Waals surface area contributed by atoms with Crippen LogP contribution in [0.1, 0.15) is 24.0 Å². The summed E-state index contributed by atoms with van der Waals surface area (Å²) in [6.07, 6.45) is 2.07. The Bertz CT molecular complexity index is 939. The second kappa shape index (κ2) is 7.78. The highest BCUT2D eigenvalue weighted by atomic mass is 16.5. The van der Waals surface area contributed by atoms with Crippen LogP contribution in [-0.2, 0) is 16.0 Å². The fraction of sp³-hybridized carbons (Fsp3) is 0.391. The van der Waals surface area contributed by atoms with Crippen molar-refractivity contribution in [3.63, 3.8) is 0 Å². The fourth-order valence-corrected chi connectivity index (χ4v) is 4.34. The molecule has 2 amide bonds. The Kier molecular flexibility index (Phi) is 5.18. The minimum absolute atomic E-state index is 0.000730. The van der Waals surface area contributed by atoms with E-state index in [0.29, 0.717) is 13.1 Å². The average Bonchev–Trinajstić information content (AvgIpc) is 3.15. The molecule has 2 aliphatic heterocycles. The summed E-state index contributed by atoms with van der Waals surface area (Å²) in [6.45, 7) is 3.11. The minimum Gasteiger partial charge on any atom is -0.497 e. The van der Waals surface area contributed by atoms with Gasteiger partial charge in [0.1, 0.15) is 11.5 Å². The van der Waals surface area contributed by atoms with Crippen LogP contribution in [-0.4, -0.2) is 39.1 Å². The largest absolute Gasteiger partial charge is 0.497 e. The third-order valence-electron chi connectivity index (χ3n) is 5.90. The predicted octanol–water partition coefficient (Wildman–Crippen LogP) is 3.34. The van der Waals surface area contributed by atoms with E-state index in [0.717, 1.165) is 35.7 Å². The molecular formula is C23H26N2O4. The second-order valence-corrected chi connectivity index (χ2v) is 7.61. The number of carbonyl (C=O) groups excluding carboxylic acids is 2. The smallest absolute Gasteiger partial charge is 0.232 e. The van der Waals surface area contributed by atoms with Crippen LogP contribution in [0.5, 0.6) is 11.5 Å². The van der Waals surface area contributed by atoms with Crippen molar-refractivity contribution in [1.29, 1.82) is 0 Å². The summed E-state index contributed by atoms with van der Waals surface area (Å²) >= 11 is 0. The number of hydrogen-bond donors (Lipinski definition) is 0. The summed E-state index contributed by atoms with van der Waals surface area (Å²) in [5, 5.41) is 0. The molecule has 6 nitrogen and oxygen atoms in total. The molecule has 0 spiro atoms. The van der Waals surface area contributed by atoms with Gasteiger partial charge in [0.25, 0.3) is 0 Å². The highest BCUT2D eigenvalue weighted by Gasteiger charge is 2.39. The zero-order chi connectivity index (χ0) is 20.5. The third-order valence-corrected chi connectivity index (χ3v) is 5.90. The van der Waals surface area contributed by atoms with Gasteiger partial charge in [-0.15, -0.1) is 0 Å². The predicted molar refractivity (Wildman–Crippen MR) is 112 cm³/mol. The maximum Gasteiger partial charge on any atom is 0.232 e. The lowest BCUT2D eigenvalue weighted by atomic mass is 9.94. The monoisotopic (exact) mass is 394 g/mol. The van der Waals surface area contributed by atoms with Crippen LogP contribution in [0, 0.1) is 12.8 Å². The van der Waals surface area contributed by atoms with Crippen LogP contribution >= 0.6 is 0 Å². The van der Waals surface area contributed by atoms with Gasteiger partial charge in [-0.1, -0.05) is 6.07 Å². The number of hydrogen-bond acceptors (Lipinski definition) is 4. The fourth-order valence-electron chi connectivity index (χ4n) is 4.34. The van der Waals surface area contributed by atoms with Gasteiger partial charge in [0.15, 0.2) is 0 Å². The molecule has 0 bridgehead atoms. The number of benzene rings is 2. The van der Waals surface area contributed by atoms with Crippen molar-refractivity contribution in [1.82, 2.24) is 0 Å². The zero-order valence-corrected chi connectivity index (χ0v) is 17.1. The van der Waals surface area contributed by atoms with Crippen LogP contribution < -0.4 is 19.3 Å². The Morgan fingerprint density at radius 1 is 1.07 bits per heavy atom. The quantitative estimate of drug-likeness (QED) is 0.798. The van der Waals surface area contributed by atoms with Crippen molar-refractivity contribution < 1.29 is 19.1 Å². The van der Waals surface area contributed by atoms with Gasteiger partial charge in [-0.25, -0.2) is 0 Å². The highest BCUT2D eigenvalue weighted by Crippen LogP contribution is 2.40. The average molecular weight is 394 g/mol. The molecule has 0 aromatic heterocycles. The summed E-state index contributed by atoms with van der Waals surface area (Å²) in [5.74, 6) is 1.07. The summed E-state index contributed by atoms with van der Waals surface area (Å²) in [7, 11) is 3.24. The Morgan fingerprint density at radius 3 is 2.52 bits per heavy atom. The summed E-state index contributed by atoms with van der Waals surface area (Å²) in [4.78, 5) is 29.6. The number of carbonyl (C=O) groups is 2. The SMILES string of the molecule is COc1ccc(N2CC(C(=O)N3CCCc4c(C)ccc(OC)c43)CC2=O)cc1. The molecule has 0 radical (unpaired) electrons. The standard InChI is InChI=1S/C23H26N2O4/c1-15-6-11-20(29-3)22-19(15)5-4-12-24(22)23(27)16-13-21(26)25(14-16)17-7-9-18(28-2)10-8-17/h6-11,16H,4-5,12-14H2,1-3H3. The van der Waals surface area contributed by atoms with Gasteiger partial charge in [-0.3, -0.25) is 9.59 Å². The molecule has 4 rings (SSSR count). The molecule has 2 aromatic carbocycles. The molecule has 2 aromatic rings. The number of anilines is 2. The van der Waals surface area contributed by atoms with Gasteiger partial charge in [0.2, 0.25) is 11.8 Å². The summed E-state index contributed by atoms with van der Waals surface area (Å²) < 4.78 is 10.7. The van der Waals surface area contributed by atoms with Crippen molar-refractivity contribution in [3.05, 3.63) is 47.5 Å². The maximum absolute atomic E-state index is 13.4. The van der Waals surface area contributed by atoms with Crippen molar-refractivity contribution in [2.45, 2.75) is 26.2 Å². The molecule has 1 atom stereocenters. The Balaban J connectivity index is 1.59. The molecule has 1 saturated heterocycles. The zero-order valence-electron chi connectivity index (χ0n) is 17.1. The highest BCUT2D eigenvalue weighted by molar-refractivity contribution is 6.05. The molecule has 1 fully saturated rings. The number of aryl methyl sites for hydroxylation is 1. The summed E-state index contributed by atoms with van der Waals surface area (Å²) in [6, 6.07) is 11.3. The third kappa shape index (κ3) is 3.43. The molecule has 2 heterocycles. The lowest BCUT2D eigenvalue weighted by Gasteiger charge is -2.33. The van der Waals surface area contributed by atoms with E-state index in [4.69, 9.17) is 9.47 Å². The number of nitrogens with zero attached hydrogens (tertiary/aromatic N) is 2. The minimum atomic E-state index is -0.360. The molecule has 1 unspecified atom stereocenters. The Hall–Kier alpha value is -3.02. The number of methoxy groups -OCH3 is 2. The Labute approximate surface area is 171 Å². The molecule has 0 saturated carbocycles. The van der Waals surface area contributed by atoms with E-state index in [2.05, 4.69) is 6.92 Å². The number of fused-ring (bicyclic) bond motifs is 1. The Morgan fingerprint density at radius 2 is 1.83 bits per heavy atom. The van der Waals surface area contributed by atoms with Gasteiger partial charge in [0.05, 0.1) is 25.8 Å². The van der Waals surface area contributed by atoms with Crippen LogP contribution in [0.3, 0.4) is 0 Å². The van der Waals surface area contributed by atoms with Gasteiger partial charge in [-0.2, -0.15) is 0 Å². The molecule has 0 aliphatic carbocycles.